The average Bonchev–Trinajstić information content (AvgIpc) is 2.46. The Bertz CT molecular complexity index is 540. The number of rotatable bonds is 5. The Hall–Kier alpha value is -1.67. The van der Waals surface area contributed by atoms with Crippen molar-refractivity contribution in [3.05, 3.63) is 70.5 Å². The van der Waals surface area contributed by atoms with Gasteiger partial charge in [0.25, 0.3) is 0 Å². The molecule has 1 N–H and O–H groups in total. The van der Waals surface area contributed by atoms with Gasteiger partial charge in [0.1, 0.15) is 5.82 Å². The summed E-state index contributed by atoms with van der Waals surface area (Å²) in [5.41, 5.74) is 3.87. The first-order chi connectivity index (χ1) is 9.61. The molecule has 0 saturated carbocycles. The third-order valence-corrected chi connectivity index (χ3v) is 3.66. The summed E-state index contributed by atoms with van der Waals surface area (Å²) in [5.74, 6) is -0.0937. The van der Waals surface area contributed by atoms with Gasteiger partial charge in [-0.1, -0.05) is 49.4 Å². The minimum atomic E-state index is -0.0937. The topological polar surface area (TPSA) is 12.0 Å². The molecule has 0 bridgehead atoms. The van der Waals surface area contributed by atoms with E-state index in [1.54, 1.807) is 0 Å². The van der Waals surface area contributed by atoms with Gasteiger partial charge in [0.15, 0.2) is 0 Å². The van der Waals surface area contributed by atoms with Crippen LogP contribution in [-0.4, -0.2) is 0 Å². The predicted octanol–water partition coefficient (Wildman–Crippen LogP) is 4.68. The van der Waals surface area contributed by atoms with Gasteiger partial charge in [0, 0.05) is 12.6 Å². The van der Waals surface area contributed by atoms with Crippen molar-refractivity contribution in [2.24, 2.45) is 0 Å². The molecule has 0 fully saturated rings. The first-order valence-corrected chi connectivity index (χ1v) is 7.15. The van der Waals surface area contributed by atoms with Crippen LogP contribution in [-0.2, 0) is 6.54 Å². The lowest BCUT2D eigenvalue weighted by atomic mass is 10.0. The molecule has 0 aliphatic carbocycles. The van der Waals surface area contributed by atoms with Gasteiger partial charge in [0.2, 0.25) is 0 Å². The number of benzene rings is 2. The van der Waals surface area contributed by atoms with E-state index in [4.69, 9.17) is 0 Å². The van der Waals surface area contributed by atoms with E-state index in [9.17, 15) is 4.39 Å². The van der Waals surface area contributed by atoms with E-state index in [0.717, 1.165) is 29.7 Å². The molecule has 0 aliphatic heterocycles. The fraction of sp³-hybridized carbons (Fsp3) is 0.333. The third kappa shape index (κ3) is 3.45. The number of aryl methyl sites for hydroxylation is 2. The molecule has 2 aromatic carbocycles. The Morgan fingerprint density at radius 3 is 2.20 bits per heavy atom. The lowest BCUT2D eigenvalue weighted by Gasteiger charge is -2.18. The van der Waals surface area contributed by atoms with E-state index in [2.05, 4.69) is 36.5 Å². The van der Waals surface area contributed by atoms with E-state index < -0.39 is 0 Å². The molecule has 2 aromatic rings. The van der Waals surface area contributed by atoms with E-state index in [1.807, 2.05) is 32.0 Å². The molecule has 1 atom stereocenters. The Morgan fingerprint density at radius 1 is 1.05 bits per heavy atom. The molecular weight excluding hydrogens is 249 g/mol. The molecule has 1 unspecified atom stereocenters. The summed E-state index contributed by atoms with van der Waals surface area (Å²) in [4.78, 5) is 0. The maximum atomic E-state index is 13.6. The maximum Gasteiger partial charge on any atom is 0.129 e. The molecule has 106 valence electrons. The molecule has 2 heteroatoms. The highest BCUT2D eigenvalue weighted by molar-refractivity contribution is 5.30. The van der Waals surface area contributed by atoms with Crippen LogP contribution >= 0.6 is 0 Å². The van der Waals surface area contributed by atoms with E-state index in [0.29, 0.717) is 6.04 Å². The van der Waals surface area contributed by atoms with E-state index >= 15 is 0 Å². The number of hydrogen-bond donors (Lipinski definition) is 1. The molecule has 1 nitrogen and oxygen atoms in total. The maximum absolute atomic E-state index is 13.6. The summed E-state index contributed by atoms with van der Waals surface area (Å²) >= 11 is 0. The van der Waals surface area contributed by atoms with Gasteiger partial charge >= 0.3 is 0 Å². The normalized spacial score (nSPS) is 12.4. The molecule has 20 heavy (non-hydrogen) atoms. The lowest BCUT2D eigenvalue weighted by Crippen LogP contribution is -2.20. The quantitative estimate of drug-likeness (QED) is 0.832. The third-order valence-electron chi connectivity index (χ3n) is 3.66. The van der Waals surface area contributed by atoms with Gasteiger partial charge in [-0.25, -0.2) is 4.39 Å². The number of nitrogens with one attached hydrogen (secondary N) is 1. The van der Waals surface area contributed by atoms with Crippen molar-refractivity contribution in [1.82, 2.24) is 5.32 Å². The fourth-order valence-corrected chi connectivity index (χ4v) is 2.56. The van der Waals surface area contributed by atoms with Gasteiger partial charge in [-0.15, -0.1) is 0 Å². The smallest absolute Gasteiger partial charge is 0.129 e. The van der Waals surface area contributed by atoms with Crippen molar-refractivity contribution in [3.63, 3.8) is 0 Å². The highest BCUT2D eigenvalue weighted by Gasteiger charge is 2.09. The Balaban J connectivity index is 2.07. The average molecular weight is 271 g/mol. The molecule has 0 aromatic heterocycles. The zero-order chi connectivity index (χ0) is 14.5. The lowest BCUT2D eigenvalue weighted by molar-refractivity contribution is 0.518. The van der Waals surface area contributed by atoms with Crippen molar-refractivity contribution in [3.8, 4) is 0 Å². The van der Waals surface area contributed by atoms with Crippen LogP contribution in [0.3, 0.4) is 0 Å². The van der Waals surface area contributed by atoms with Crippen LogP contribution in [0, 0.1) is 19.7 Å². The SMILES string of the molecule is CCC(NCc1cc(C)c(F)c(C)c1)c1ccccc1. The molecule has 0 saturated heterocycles. The summed E-state index contributed by atoms with van der Waals surface area (Å²) < 4.78 is 13.6. The highest BCUT2D eigenvalue weighted by Crippen LogP contribution is 2.18. The van der Waals surface area contributed by atoms with Crippen molar-refractivity contribution in [2.45, 2.75) is 39.8 Å². The minimum absolute atomic E-state index is 0.0937. The van der Waals surface area contributed by atoms with Crippen LogP contribution in [0.2, 0.25) is 0 Å². The largest absolute Gasteiger partial charge is 0.306 e. The van der Waals surface area contributed by atoms with E-state index in [-0.39, 0.29) is 5.82 Å². The first-order valence-electron chi connectivity index (χ1n) is 7.15. The summed E-state index contributed by atoms with van der Waals surface area (Å²) in [7, 11) is 0. The number of halogens is 1. The van der Waals surface area contributed by atoms with Crippen LogP contribution < -0.4 is 5.32 Å². The monoisotopic (exact) mass is 271 g/mol. The summed E-state index contributed by atoms with van der Waals surface area (Å²) in [6.07, 6.45) is 1.03. The molecule has 0 radical (unpaired) electrons. The van der Waals surface area contributed by atoms with E-state index in [1.165, 1.54) is 5.56 Å². The molecule has 2 rings (SSSR count). The van der Waals surface area contributed by atoms with Gasteiger partial charge in [-0.2, -0.15) is 0 Å². The Kier molecular flexibility index (Phi) is 4.91. The predicted molar refractivity (Wildman–Crippen MR) is 82.2 cm³/mol. The second kappa shape index (κ2) is 6.67. The van der Waals surface area contributed by atoms with Gasteiger partial charge < -0.3 is 5.32 Å². The molecule has 0 heterocycles. The summed E-state index contributed by atoms with van der Waals surface area (Å²) in [5, 5.41) is 3.55. The van der Waals surface area contributed by atoms with Crippen LogP contribution in [0.15, 0.2) is 42.5 Å². The molecular formula is C18H22FN. The summed E-state index contributed by atoms with van der Waals surface area (Å²) in [6, 6.07) is 14.6. The second-order valence-electron chi connectivity index (χ2n) is 5.30. The fourth-order valence-electron chi connectivity index (χ4n) is 2.56. The van der Waals surface area contributed by atoms with Crippen molar-refractivity contribution >= 4 is 0 Å². The van der Waals surface area contributed by atoms with Crippen LogP contribution in [0.25, 0.3) is 0 Å². The molecule has 0 spiro atoms. The van der Waals surface area contributed by atoms with Crippen LogP contribution in [0.1, 0.15) is 41.6 Å². The Morgan fingerprint density at radius 2 is 1.65 bits per heavy atom. The first kappa shape index (κ1) is 14.7. The summed E-state index contributed by atoms with van der Waals surface area (Å²) in [6.45, 7) is 6.57. The second-order valence-corrected chi connectivity index (χ2v) is 5.30. The zero-order valence-electron chi connectivity index (χ0n) is 12.4. The minimum Gasteiger partial charge on any atom is -0.306 e. The van der Waals surface area contributed by atoms with Gasteiger partial charge in [-0.3, -0.25) is 0 Å². The standard InChI is InChI=1S/C18H22FN/c1-4-17(16-8-6-5-7-9-16)20-12-15-10-13(2)18(19)14(3)11-15/h5-11,17,20H,4,12H2,1-3H3. The van der Waals surface area contributed by atoms with Crippen molar-refractivity contribution in [2.75, 3.05) is 0 Å². The van der Waals surface area contributed by atoms with Crippen molar-refractivity contribution in [1.29, 1.82) is 0 Å². The highest BCUT2D eigenvalue weighted by atomic mass is 19.1. The van der Waals surface area contributed by atoms with Crippen LogP contribution in [0.5, 0.6) is 0 Å². The number of hydrogen-bond acceptors (Lipinski definition) is 1. The molecule has 0 amide bonds. The van der Waals surface area contributed by atoms with Gasteiger partial charge in [-0.05, 0) is 42.5 Å². The molecule has 0 aliphatic rings. The Labute approximate surface area is 120 Å². The van der Waals surface area contributed by atoms with Crippen LogP contribution in [0.4, 0.5) is 4.39 Å². The zero-order valence-corrected chi connectivity index (χ0v) is 12.4. The van der Waals surface area contributed by atoms with Gasteiger partial charge in [0.05, 0.1) is 0 Å². The van der Waals surface area contributed by atoms with Crippen molar-refractivity contribution < 1.29 is 4.39 Å².